The molecule has 142 valence electrons. The Morgan fingerprint density at radius 3 is 2.58 bits per heavy atom. The van der Waals surface area contributed by atoms with Gasteiger partial charge in [0.2, 0.25) is 10.0 Å². The highest BCUT2D eigenvalue weighted by Crippen LogP contribution is 2.27. The van der Waals surface area contributed by atoms with E-state index in [1.54, 1.807) is 25.1 Å². The maximum absolute atomic E-state index is 13.0. The second kappa shape index (κ2) is 7.69. The van der Waals surface area contributed by atoms with Crippen molar-refractivity contribution < 1.29 is 17.9 Å². The van der Waals surface area contributed by atoms with Crippen LogP contribution >= 0.6 is 0 Å². The highest BCUT2D eigenvalue weighted by atomic mass is 32.2. The summed E-state index contributed by atoms with van der Waals surface area (Å²) in [4.78, 5) is 16.0. The SMILES string of the molecule is COC(=O)c1nccc2c(S(=O)(=O)NC(C)(CN)CC(C)C)cccc12. The van der Waals surface area contributed by atoms with E-state index in [4.69, 9.17) is 10.5 Å². The molecular formula is C18H25N3O4S. The van der Waals surface area contributed by atoms with Crippen LogP contribution in [0.15, 0.2) is 35.4 Å². The fraction of sp³-hybridized carbons (Fsp3) is 0.444. The van der Waals surface area contributed by atoms with Crippen LogP contribution in [0.3, 0.4) is 0 Å². The van der Waals surface area contributed by atoms with Crippen molar-refractivity contribution in [2.24, 2.45) is 11.7 Å². The molecule has 1 heterocycles. The van der Waals surface area contributed by atoms with Gasteiger partial charge in [-0.2, -0.15) is 0 Å². The third-order valence-corrected chi connectivity index (χ3v) is 5.82. The highest BCUT2D eigenvalue weighted by Gasteiger charge is 2.31. The van der Waals surface area contributed by atoms with E-state index in [1.807, 2.05) is 13.8 Å². The van der Waals surface area contributed by atoms with Gasteiger partial charge in [-0.05, 0) is 31.4 Å². The number of nitrogens with zero attached hydrogens (tertiary/aromatic N) is 1. The number of esters is 1. The van der Waals surface area contributed by atoms with Crippen LogP contribution in [0.1, 0.15) is 37.7 Å². The number of nitrogens with one attached hydrogen (secondary N) is 1. The van der Waals surface area contributed by atoms with Crippen LogP contribution in [0.4, 0.5) is 0 Å². The quantitative estimate of drug-likeness (QED) is 0.712. The molecule has 0 saturated carbocycles. The van der Waals surface area contributed by atoms with E-state index in [0.717, 1.165) is 0 Å². The molecule has 1 aromatic carbocycles. The summed E-state index contributed by atoms with van der Waals surface area (Å²) in [5.41, 5.74) is 5.14. The minimum absolute atomic E-state index is 0.0748. The Kier molecular flexibility index (Phi) is 6.00. The van der Waals surface area contributed by atoms with Crippen molar-refractivity contribution >= 4 is 26.8 Å². The van der Waals surface area contributed by atoms with Crippen LogP contribution in [-0.4, -0.2) is 38.6 Å². The number of hydrogen-bond donors (Lipinski definition) is 2. The fourth-order valence-corrected chi connectivity index (χ4v) is 4.77. The van der Waals surface area contributed by atoms with Crippen molar-refractivity contribution in [3.8, 4) is 0 Å². The topological polar surface area (TPSA) is 111 Å². The van der Waals surface area contributed by atoms with E-state index in [1.165, 1.54) is 19.4 Å². The van der Waals surface area contributed by atoms with Gasteiger partial charge in [0, 0.05) is 29.1 Å². The lowest BCUT2D eigenvalue weighted by atomic mass is 9.92. The van der Waals surface area contributed by atoms with Crippen LogP contribution in [0.2, 0.25) is 0 Å². The molecule has 0 aliphatic carbocycles. The molecule has 1 unspecified atom stereocenters. The first kappa shape index (κ1) is 20.3. The van der Waals surface area contributed by atoms with E-state index in [-0.39, 0.29) is 23.1 Å². The van der Waals surface area contributed by atoms with Gasteiger partial charge in [-0.3, -0.25) is 0 Å². The molecular weight excluding hydrogens is 354 g/mol. The van der Waals surface area contributed by atoms with Crippen molar-refractivity contribution in [3.05, 3.63) is 36.2 Å². The number of carbonyl (C=O) groups is 1. The second-order valence-corrected chi connectivity index (χ2v) is 8.62. The third kappa shape index (κ3) is 4.20. The zero-order valence-electron chi connectivity index (χ0n) is 15.4. The molecule has 0 radical (unpaired) electrons. The molecule has 0 fully saturated rings. The predicted molar refractivity (Wildman–Crippen MR) is 100 cm³/mol. The number of fused-ring (bicyclic) bond motifs is 1. The van der Waals surface area contributed by atoms with E-state index < -0.39 is 21.5 Å². The number of nitrogens with two attached hydrogens (primary N) is 1. The summed E-state index contributed by atoms with van der Waals surface area (Å²) in [7, 11) is -2.61. The highest BCUT2D eigenvalue weighted by molar-refractivity contribution is 7.89. The number of aromatic nitrogens is 1. The van der Waals surface area contributed by atoms with Gasteiger partial charge in [-0.15, -0.1) is 0 Å². The summed E-state index contributed by atoms with van der Waals surface area (Å²) < 4.78 is 33.6. The Morgan fingerprint density at radius 1 is 1.31 bits per heavy atom. The number of methoxy groups -OCH3 is 1. The molecule has 3 N–H and O–H groups in total. The van der Waals surface area contributed by atoms with E-state index >= 15 is 0 Å². The monoisotopic (exact) mass is 379 g/mol. The fourth-order valence-electron chi connectivity index (χ4n) is 3.12. The minimum Gasteiger partial charge on any atom is -0.464 e. The molecule has 0 saturated heterocycles. The number of carbonyl (C=O) groups excluding carboxylic acids is 1. The van der Waals surface area contributed by atoms with Crippen molar-refractivity contribution in [3.63, 3.8) is 0 Å². The van der Waals surface area contributed by atoms with Crippen LogP contribution in [0.25, 0.3) is 10.8 Å². The number of rotatable bonds is 7. The maximum atomic E-state index is 13.0. The number of benzene rings is 1. The van der Waals surface area contributed by atoms with Crippen molar-refractivity contribution in [2.75, 3.05) is 13.7 Å². The van der Waals surface area contributed by atoms with Gasteiger partial charge in [-0.25, -0.2) is 22.9 Å². The summed E-state index contributed by atoms with van der Waals surface area (Å²) in [5, 5.41) is 0.819. The summed E-state index contributed by atoms with van der Waals surface area (Å²) in [6.07, 6.45) is 1.99. The number of pyridine rings is 1. The molecule has 26 heavy (non-hydrogen) atoms. The summed E-state index contributed by atoms with van der Waals surface area (Å²) >= 11 is 0. The lowest BCUT2D eigenvalue weighted by Crippen LogP contribution is -2.52. The zero-order chi connectivity index (χ0) is 19.5. The molecule has 0 aliphatic heterocycles. The number of sulfonamides is 1. The minimum atomic E-state index is -3.86. The Hall–Kier alpha value is -2.03. The molecule has 0 amide bonds. The lowest BCUT2D eigenvalue weighted by molar-refractivity contribution is 0.0596. The number of ether oxygens (including phenoxy) is 1. The smallest absolute Gasteiger partial charge is 0.357 e. The number of hydrogen-bond acceptors (Lipinski definition) is 6. The van der Waals surface area contributed by atoms with Crippen LogP contribution in [0.5, 0.6) is 0 Å². The lowest BCUT2D eigenvalue weighted by Gasteiger charge is -2.31. The largest absolute Gasteiger partial charge is 0.464 e. The Labute approximate surface area is 154 Å². The maximum Gasteiger partial charge on any atom is 0.357 e. The van der Waals surface area contributed by atoms with Crippen molar-refractivity contribution in [1.29, 1.82) is 0 Å². The Morgan fingerprint density at radius 2 is 2.00 bits per heavy atom. The summed E-state index contributed by atoms with van der Waals surface area (Å²) in [5.74, 6) is -0.349. The Bertz CT molecular complexity index is 912. The normalized spacial score (nSPS) is 14.4. The van der Waals surface area contributed by atoms with Gasteiger partial charge >= 0.3 is 5.97 Å². The Balaban J connectivity index is 2.57. The predicted octanol–water partition coefficient (Wildman–Crippen LogP) is 2.06. The van der Waals surface area contributed by atoms with Crippen LogP contribution in [-0.2, 0) is 14.8 Å². The summed E-state index contributed by atoms with van der Waals surface area (Å²) in [6.45, 7) is 5.98. The third-order valence-electron chi connectivity index (χ3n) is 4.12. The van der Waals surface area contributed by atoms with E-state index in [9.17, 15) is 13.2 Å². The van der Waals surface area contributed by atoms with Crippen LogP contribution in [0, 0.1) is 5.92 Å². The molecule has 1 aromatic heterocycles. The van der Waals surface area contributed by atoms with E-state index in [2.05, 4.69) is 9.71 Å². The molecule has 8 heteroatoms. The molecule has 7 nitrogen and oxygen atoms in total. The molecule has 1 atom stereocenters. The van der Waals surface area contributed by atoms with Crippen molar-refractivity contribution in [1.82, 2.24) is 9.71 Å². The van der Waals surface area contributed by atoms with Crippen LogP contribution < -0.4 is 10.5 Å². The first-order chi connectivity index (χ1) is 12.1. The second-order valence-electron chi connectivity index (χ2n) is 6.97. The van der Waals surface area contributed by atoms with Gasteiger partial charge in [0.1, 0.15) is 0 Å². The van der Waals surface area contributed by atoms with Gasteiger partial charge in [0.25, 0.3) is 0 Å². The summed E-state index contributed by atoms with van der Waals surface area (Å²) in [6, 6.07) is 6.29. The zero-order valence-corrected chi connectivity index (χ0v) is 16.3. The van der Waals surface area contributed by atoms with Crippen molar-refractivity contribution in [2.45, 2.75) is 37.6 Å². The first-order valence-corrected chi connectivity index (χ1v) is 9.82. The van der Waals surface area contributed by atoms with Gasteiger partial charge in [0.05, 0.1) is 12.0 Å². The molecule has 0 bridgehead atoms. The van der Waals surface area contributed by atoms with Gasteiger partial charge in [0.15, 0.2) is 5.69 Å². The molecule has 2 rings (SSSR count). The molecule has 0 spiro atoms. The van der Waals surface area contributed by atoms with Gasteiger partial charge < -0.3 is 10.5 Å². The molecule has 0 aliphatic rings. The van der Waals surface area contributed by atoms with Gasteiger partial charge in [-0.1, -0.05) is 26.0 Å². The average molecular weight is 379 g/mol. The first-order valence-electron chi connectivity index (χ1n) is 8.33. The molecule has 2 aromatic rings. The average Bonchev–Trinajstić information content (AvgIpc) is 2.58. The van der Waals surface area contributed by atoms with E-state index in [0.29, 0.717) is 17.2 Å². The standard InChI is InChI=1S/C18H25N3O4S/c1-12(2)10-18(3,11-19)21-26(23,24)15-7-5-6-14-13(15)8-9-20-16(14)17(22)25-4/h5-9,12,21H,10-11,19H2,1-4H3.